The van der Waals surface area contributed by atoms with E-state index in [-0.39, 0.29) is 0 Å². The minimum atomic E-state index is 0.316. The Labute approximate surface area is 192 Å². The first kappa shape index (κ1) is 22.5. The average Bonchev–Trinajstić information content (AvgIpc) is 3.66. The molecule has 0 saturated heterocycles. The normalized spacial score (nSPS) is 14.6. The predicted molar refractivity (Wildman–Crippen MR) is 132 cm³/mol. The van der Waals surface area contributed by atoms with Crippen molar-refractivity contribution in [1.82, 2.24) is 15.2 Å². The van der Waals surface area contributed by atoms with Crippen LogP contribution in [0.15, 0.2) is 48.5 Å². The Hall–Kier alpha value is -2.74. The molecular weight excluding hydrogens is 392 g/mol. The zero-order chi connectivity index (χ0) is 22.5. The van der Waals surface area contributed by atoms with Gasteiger partial charge in [-0.15, -0.1) is 0 Å². The summed E-state index contributed by atoms with van der Waals surface area (Å²) in [5.74, 6) is 0.941. The summed E-state index contributed by atoms with van der Waals surface area (Å²) in [6.07, 6.45) is 5.27. The highest BCUT2D eigenvalue weighted by Gasteiger charge is 2.22. The first-order valence-electron chi connectivity index (χ1n) is 11.9. The van der Waals surface area contributed by atoms with E-state index >= 15 is 0 Å². The second-order valence-corrected chi connectivity index (χ2v) is 9.15. The molecule has 0 spiro atoms. The number of pyridine rings is 1. The van der Waals surface area contributed by atoms with Crippen molar-refractivity contribution in [3.05, 3.63) is 65.2 Å². The fraction of sp³-hybridized carbons (Fsp3) is 0.429. The molecule has 4 nitrogen and oxygen atoms in total. The van der Waals surface area contributed by atoms with Crippen LogP contribution in [0.4, 0.5) is 0 Å². The molecule has 1 unspecified atom stereocenters. The number of benzene rings is 2. The van der Waals surface area contributed by atoms with Gasteiger partial charge in [0.25, 0.3) is 0 Å². The standard InChI is InChI=1S/C28H34N4/c1-4-14-32(15-13-21-5-6-21)19-25-17-27(24-10-8-23(9-11-24)20(2)30-3)31-28-16-22(18-29)7-12-26(25)28/h7-12,16-17,20-21,30H,4-6,13-15,19H2,1-3H3. The molecule has 1 aliphatic carbocycles. The third-order valence-corrected chi connectivity index (χ3v) is 6.65. The summed E-state index contributed by atoms with van der Waals surface area (Å²) in [4.78, 5) is 7.55. The molecule has 3 aromatic rings. The highest BCUT2D eigenvalue weighted by atomic mass is 15.1. The van der Waals surface area contributed by atoms with E-state index in [9.17, 15) is 5.26 Å². The Kier molecular flexibility index (Phi) is 7.19. The zero-order valence-corrected chi connectivity index (χ0v) is 19.6. The van der Waals surface area contributed by atoms with Gasteiger partial charge in [0.1, 0.15) is 0 Å². The van der Waals surface area contributed by atoms with Gasteiger partial charge in [0.05, 0.1) is 22.8 Å². The van der Waals surface area contributed by atoms with Gasteiger partial charge in [-0.05, 0) is 75.1 Å². The lowest BCUT2D eigenvalue weighted by Gasteiger charge is -2.23. The van der Waals surface area contributed by atoms with Crippen LogP contribution in [-0.2, 0) is 6.54 Å². The summed E-state index contributed by atoms with van der Waals surface area (Å²) in [7, 11) is 1.98. The smallest absolute Gasteiger partial charge is 0.0992 e. The highest BCUT2D eigenvalue weighted by Crippen LogP contribution is 2.33. The topological polar surface area (TPSA) is 52.0 Å². The number of rotatable bonds is 10. The summed E-state index contributed by atoms with van der Waals surface area (Å²) in [5, 5.41) is 13.9. The minimum absolute atomic E-state index is 0.316. The molecule has 4 rings (SSSR count). The van der Waals surface area contributed by atoms with Crippen LogP contribution in [-0.4, -0.2) is 30.0 Å². The van der Waals surface area contributed by atoms with Gasteiger partial charge >= 0.3 is 0 Å². The van der Waals surface area contributed by atoms with Crippen molar-refractivity contribution in [1.29, 1.82) is 5.26 Å². The van der Waals surface area contributed by atoms with Crippen molar-refractivity contribution in [3.63, 3.8) is 0 Å². The Balaban J connectivity index is 1.70. The molecule has 1 N–H and O–H groups in total. The van der Waals surface area contributed by atoms with E-state index in [4.69, 9.17) is 4.98 Å². The molecule has 0 radical (unpaired) electrons. The molecule has 1 aliphatic rings. The van der Waals surface area contributed by atoms with Crippen LogP contribution in [0.2, 0.25) is 0 Å². The van der Waals surface area contributed by atoms with Crippen molar-refractivity contribution < 1.29 is 0 Å². The Morgan fingerprint density at radius 1 is 1.12 bits per heavy atom. The number of hydrogen-bond donors (Lipinski definition) is 1. The van der Waals surface area contributed by atoms with Crippen molar-refractivity contribution in [2.45, 2.75) is 52.1 Å². The fourth-order valence-electron chi connectivity index (χ4n) is 4.36. The van der Waals surface area contributed by atoms with E-state index in [1.165, 1.54) is 30.4 Å². The lowest BCUT2D eigenvalue weighted by Crippen LogP contribution is -2.25. The number of aromatic nitrogens is 1. The molecule has 1 fully saturated rings. The number of nitriles is 1. The van der Waals surface area contributed by atoms with Crippen LogP contribution >= 0.6 is 0 Å². The van der Waals surface area contributed by atoms with Gasteiger partial charge in [0, 0.05) is 23.5 Å². The molecular formula is C28H34N4. The monoisotopic (exact) mass is 426 g/mol. The van der Waals surface area contributed by atoms with Crippen molar-refractivity contribution in [2.24, 2.45) is 5.92 Å². The molecule has 0 aliphatic heterocycles. The Bertz CT molecular complexity index is 1090. The summed E-state index contributed by atoms with van der Waals surface area (Å²) in [6.45, 7) is 7.61. The van der Waals surface area contributed by atoms with Gasteiger partial charge in [-0.1, -0.05) is 50.1 Å². The van der Waals surface area contributed by atoms with Crippen molar-refractivity contribution in [3.8, 4) is 17.3 Å². The third kappa shape index (κ3) is 5.35. The summed E-state index contributed by atoms with van der Waals surface area (Å²) in [6, 6.07) is 19.4. The van der Waals surface area contributed by atoms with Crippen molar-refractivity contribution in [2.75, 3.05) is 20.1 Å². The van der Waals surface area contributed by atoms with Crippen LogP contribution in [0.5, 0.6) is 0 Å². The molecule has 0 bridgehead atoms. The Morgan fingerprint density at radius 2 is 1.91 bits per heavy atom. The molecule has 166 valence electrons. The summed E-state index contributed by atoms with van der Waals surface area (Å²) >= 11 is 0. The van der Waals surface area contributed by atoms with Crippen LogP contribution in [0.3, 0.4) is 0 Å². The van der Waals surface area contributed by atoms with Crippen LogP contribution < -0.4 is 5.32 Å². The third-order valence-electron chi connectivity index (χ3n) is 6.65. The number of fused-ring (bicyclic) bond motifs is 1. The zero-order valence-electron chi connectivity index (χ0n) is 19.6. The van der Waals surface area contributed by atoms with E-state index in [1.807, 2.05) is 19.2 Å². The van der Waals surface area contributed by atoms with E-state index in [2.05, 4.69) is 66.5 Å². The second-order valence-electron chi connectivity index (χ2n) is 9.15. The maximum Gasteiger partial charge on any atom is 0.0992 e. The molecule has 32 heavy (non-hydrogen) atoms. The first-order valence-corrected chi connectivity index (χ1v) is 11.9. The van der Waals surface area contributed by atoms with Crippen LogP contribution in [0.25, 0.3) is 22.2 Å². The predicted octanol–water partition coefficient (Wildman–Crippen LogP) is 6.07. The largest absolute Gasteiger partial charge is 0.313 e. The van der Waals surface area contributed by atoms with Gasteiger partial charge in [0.15, 0.2) is 0 Å². The van der Waals surface area contributed by atoms with Gasteiger partial charge in [0.2, 0.25) is 0 Å². The molecule has 1 atom stereocenters. The summed E-state index contributed by atoms with van der Waals surface area (Å²) < 4.78 is 0. The quantitative estimate of drug-likeness (QED) is 0.428. The summed E-state index contributed by atoms with van der Waals surface area (Å²) in [5.41, 5.74) is 6.21. The van der Waals surface area contributed by atoms with E-state index in [0.717, 1.165) is 54.1 Å². The van der Waals surface area contributed by atoms with Gasteiger partial charge in [-0.2, -0.15) is 5.26 Å². The number of nitrogens with one attached hydrogen (secondary N) is 1. The average molecular weight is 427 g/mol. The fourth-order valence-corrected chi connectivity index (χ4v) is 4.36. The lowest BCUT2D eigenvalue weighted by atomic mass is 10.0. The maximum absolute atomic E-state index is 9.41. The highest BCUT2D eigenvalue weighted by molar-refractivity contribution is 5.86. The maximum atomic E-state index is 9.41. The van der Waals surface area contributed by atoms with Gasteiger partial charge in [-0.25, -0.2) is 4.98 Å². The molecule has 1 aromatic heterocycles. The van der Waals surface area contributed by atoms with E-state index in [0.29, 0.717) is 11.6 Å². The number of nitrogens with zero attached hydrogens (tertiary/aromatic N) is 3. The van der Waals surface area contributed by atoms with Gasteiger partial charge < -0.3 is 5.32 Å². The molecule has 1 heterocycles. The molecule has 4 heteroatoms. The SMILES string of the molecule is CCCN(CCC1CC1)Cc1cc(-c2ccc(C(C)NC)cc2)nc2cc(C#N)ccc12. The first-order chi connectivity index (χ1) is 15.6. The van der Waals surface area contributed by atoms with E-state index < -0.39 is 0 Å². The van der Waals surface area contributed by atoms with Crippen LogP contribution in [0.1, 0.15) is 62.3 Å². The number of hydrogen-bond acceptors (Lipinski definition) is 4. The molecule has 1 saturated carbocycles. The van der Waals surface area contributed by atoms with E-state index in [1.54, 1.807) is 0 Å². The Morgan fingerprint density at radius 3 is 2.56 bits per heavy atom. The second kappa shape index (κ2) is 10.3. The van der Waals surface area contributed by atoms with Crippen molar-refractivity contribution >= 4 is 10.9 Å². The molecule has 2 aromatic carbocycles. The lowest BCUT2D eigenvalue weighted by molar-refractivity contribution is 0.258. The minimum Gasteiger partial charge on any atom is -0.313 e. The molecule has 0 amide bonds. The van der Waals surface area contributed by atoms with Gasteiger partial charge in [-0.3, -0.25) is 4.90 Å². The van der Waals surface area contributed by atoms with Crippen LogP contribution in [0, 0.1) is 17.2 Å².